The molecule has 0 heterocycles. The van der Waals surface area contributed by atoms with Gasteiger partial charge >= 0.3 is 0 Å². The van der Waals surface area contributed by atoms with Crippen LogP contribution in [0.1, 0.15) is 30.4 Å². The third-order valence-electron chi connectivity index (χ3n) is 2.86. The summed E-state index contributed by atoms with van der Waals surface area (Å²) in [6, 6.07) is 9.93. The third kappa shape index (κ3) is 2.12. The molecular weight excluding hydrogens is 172 g/mol. The lowest BCUT2D eigenvalue weighted by molar-refractivity contribution is 0.609. The average Bonchev–Trinajstić information content (AvgIpc) is 2.95. The maximum Gasteiger partial charge on any atom is 0.0991 e. The van der Waals surface area contributed by atoms with Crippen molar-refractivity contribution >= 4 is 0 Å². The fourth-order valence-electron chi connectivity index (χ4n) is 1.60. The zero-order valence-electron chi connectivity index (χ0n) is 8.16. The van der Waals surface area contributed by atoms with Crippen molar-refractivity contribution in [2.75, 3.05) is 0 Å². The van der Waals surface area contributed by atoms with Crippen molar-refractivity contribution < 1.29 is 0 Å². The zero-order chi connectivity index (χ0) is 10.0. The third-order valence-corrected chi connectivity index (χ3v) is 2.86. The van der Waals surface area contributed by atoms with Gasteiger partial charge in [-0.3, -0.25) is 0 Å². The van der Waals surface area contributed by atoms with Gasteiger partial charge < -0.3 is 5.73 Å². The van der Waals surface area contributed by atoms with Crippen LogP contribution in [0.15, 0.2) is 24.3 Å². The summed E-state index contributed by atoms with van der Waals surface area (Å²) in [6.07, 6.45) is 4.35. The number of nitriles is 1. The summed E-state index contributed by atoms with van der Waals surface area (Å²) >= 11 is 0. The molecule has 2 heteroatoms. The van der Waals surface area contributed by atoms with Crippen LogP contribution in [0, 0.1) is 11.3 Å². The maximum absolute atomic E-state index is 8.73. The van der Waals surface area contributed by atoms with Crippen LogP contribution in [-0.2, 0) is 6.42 Å². The second-order valence-corrected chi connectivity index (χ2v) is 4.17. The Kier molecular flexibility index (Phi) is 2.26. The second kappa shape index (κ2) is 3.43. The monoisotopic (exact) mass is 186 g/mol. The highest BCUT2D eigenvalue weighted by atomic mass is 14.8. The van der Waals surface area contributed by atoms with E-state index < -0.39 is 0 Å². The second-order valence-electron chi connectivity index (χ2n) is 4.17. The first kappa shape index (κ1) is 9.23. The van der Waals surface area contributed by atoms with Gasteiger partial charge in [-0.15, -0.1) is 0 Å². The molecule has 1 aliphatic carbocycles. The topological polar surface area (TPSA) is 49.8 Å². The molecule has 0 spiro atoms. The van der Waals surface area contributed by atoms with Crippen molar-refractivity contribution in [1.82, 2.24) is 0 Å². The van der Waals surface area contributed by atoms with Crippen LogP contribution < -0.4 is 5.73 Å². The van der Waals surface area contributed by atoms with Crippen molar-refractivity contribution in [1.29, 1.82) is 5.26 Å². The SMILES string of the molecule is N#Cc1cccc(CCC2(N)CC2)c1. The highest BCUT2D eigenvalue weighted by Crippen LogP contribution is 2.36. The van der Waals surface area contributed by atoms with Crippen LogP contribution in [0.5, 0.6) is 0 Å². The van der Waals surface area contributed by atoms with E-state index in [-0.39, 0.29) is 5.54 Å². The quantitative estimate of drug-likeness (QED) is 0.784. The lowest BCUT2D eigenvalue weighted by Gasteiger charge is -2.07. The first-order valence-corrected chi connectivity index (χ1v) is 5.00. The van der Waals surface area contributed by atoms with E-state index in [1.807, 2.05) is 18.2 Å². The number of benzene rings is 1. The Labute approximate surface area is 84.3 Å². The van der Waals surface area contributed by atoms with Crippen LogP contribution in [0.3, 0.4) is 0 Å². The summed E-state index contributed by atoms with van der Waals surface area (Å²) in [5.41, 5.74) is 8.08. The molecule has 0 aromatic heterocycles. The number of nitrogens with two attached hydrogens (primary N) is 1. The summed E-state index contributed by atoms with van der Waals surface area (Å²) in [5, 5.41) is 8.73. The van der Waals surface area contributed by atoms with E-state index in [1.165, 1.54) is 5.56 Å². The Morgan fingerprint density at radius 1 is 1.43 bits per heavy atom. The molecule has 0 atom stereocenters. The fourth-order valence-corrected chi connectivity index (χ4v) is 1.60. The van der Waals surface area contributed by atoms with Crippen molar-refractivity contribution in [3.8, 4) is 6.07 Å². The maximum atomic E-state index is 8.73. The lowest BCUT2D eigenvalue weighted by Crippen LogP contribution is -2.22. The molecule has 2 N–H and O–H groups in total. The van der Waals surface area contributed by atoms with E-state index in [9.17, 15) is 0 Å². The van der Waals surface area contributed by atoms with Crippen molar-refractivity contribution in [3.63, 3.8) is 0 Å². The van der Waals surface area contributed by atoms with Crippen LogP contribution >= 0.6 is 0 Å². The van der Waals surface area contributed by atoms with Crippen molar-refractivity contribution in [2.24, 2.45) is 5.73 Å². The smallest absolute Gasteiger partial charge is 0.0991 e. The molecular formula is C12H14N2. The molecule has 0 saturated heterocycles. The van der Waals surface area contributed by atoms with Gasteiger partial charge in [0.2, 0.25) is 0 Å². The standard InChI is InChI=1S/C12H14N2/c13-9-11-3-1-2-10(8-11)4-5-12(14)6-7-12/h1-3,8H,4-7,14H2. The number of rotatable bonds is 3. The highest BCUT2D eigenvalue weighted by Gasteiger charge is 2.37. The van der Waals surface area contributed by atoms with Crippen LogP contribution in [0.4, 0.5) is 0 Å². The molecule has 0 aliphatic heterocycles. The predicted molar refractivity (Wildman–Crippen MR) is 55.6 cm³/mol. The van der Waals surface area contributed by atoms with Crippen LogP contribution in [-0.4, -0.2) is 5.54 Å². The van der Waals surface area contributed by atoms with Crippen LogP contribution in [0.2, 0.25) is 0 Å². The van der Waals surface area contributed by atoms with Gasteiger partial charge in [-0.25, -0.2) is 0 Å². The van der Waals surface area contributed by atoms with Gasteiger partial charge in [0.05, 0.1) is 11.6 Å². The Morgan fingerprint density at radius 3 is 2.86 bits per heavy atom. The van der Waals surface area contributed by atoms with Gasteiger partial charge in [0, 0.05) is 5.54 Å². The highest BCUT2D eigenvalue weighted by molar-refractivity contribution is 5.33. The lowest BCUT2D eigenvalue weighted by atomic mass is 10.0. The van der Waals surface area contributed by atoms with E-state index in [4.69, 9.17) is 11.0 Å². The summed E-state index contributed by atoms with van der Waals surface area (Å²) in [7, 11) is 0. The normalized spacial score (nSPS) is 17.4. The van der Waals surface area contributed by atoms with E-state index in [2.05, 4.69) is 12.1 Å². The molecule has 1 aromatic carbocycles. The van der Waals surface area contributed by atoms with Gasteiger partial charge in [0.25, 0.3) is 0 Å². The Hall–Kier alpha value is -1.33. The molecule has 0 unspecified atom stereocenters. The number of aryl methyl sites for hydroxylation is 1. The summed E-state index contributed by atoms with van der Waals surface area (Å²) in [4.78, 5) is 0. The number of hydrogen-bond donors (Lipinski definition) is 1. The Morgan fingerprint density at radius 2 is 2.21 bits per heavy atom. The average molecular weight is 186 g/mol. The zero-order valence-corrected chi connectivity index (χ0v) is 8.16. The Balaban J connectivity index is 1.99. The van der Waals surface area contributed by atoms with E-state index in [0.29, 0.717) is 0 Å². The van der Waals surface area contributed by atoms with Gasteiger partial charge in [0.15, 0.2) is 0 Å². The van der Waals surface area contributed by atoms with E-state index in [1.54, 1.807) is 0 Å². The van der Waals surface area contributed by atoms with Gasteiger partial charge in [0.1, 0.15) is 0 Å². The van der Waals surface area contributed by atoms with Crippen molar-refractivity contribution in [2.45, 2.75) is 31.2 Å². The summed E-state index contributed by atoms with van der Waals surface area (Å²) in [5.74, 6) is 0. The minimum absolute atomic E-state index is 0.114. The molecule has 0 amide bonds. The number of hydrogen-bond acceptors (Lipinski definition) is 2. The van der Waals surface area contributed by atoms with Gasteiger partial charge in [-0.05, 0) is 43.4 Å². The molecule has 72 valence electrons. The summed E-state index contributed by atoms with van der Waals surface area (Å²) in [6.45, 7) is 0. The van der Waals surface area contributed by atoms with Crippen molar-refractivity contribution in [3.05, 3.63) is 35.4 Å². The van der Waals surface area contributed by atoms with Gasteiger partial charge in [-0.1, -0.05) is 12.1 Å². The molecule has 0 radical (unpaired) electrons. The Bertz CT molecular complexity index is 372. The van der Waals surface area contributed by atoms with Gasteiger partial charge in [-0.2, -0.15) is 5.26 Å². The van der Waals surface area contributed by atoms with E-state index in [0.717, 1.165) is 31.2 Å². The number of nitrogens with zero attached hydrogens (tertiary/aromatic N) is 1. The molecule has 0 bridgehead atoms. The minimum Gasteiger partial charge on any atom is -0.325 e. The molecule has 1 fully saturated rings. The predicted octanol–water partition coefficient (Wildman–Crippen LogP) is 1.98. The minimum atomic E-state index is 0.114. The fraction of sp³-hybridized carbons (Fsp3) is 0.417. The molecule has 14 heavy (non-hydrogen) atoms. The first-order valence-electron chi connectivity index (χ1n) is 5.00. The molecule has 1 aliphatic rings. The largest absolute Gasteiger partial charge is 0.325 e. The molecule has 2 rings (SSSR count). The van der Waals surface area contributed by atoms with Crippen LogP contribution in [0.25, 0.3) is 0 Å². The first-order chi connectivity index (χ1) is 6.72. The molecule has 2 nitrogen and oxygen atoms in total. The van der Waals surface area contributed by atoms with E-state index >= 15 is 0 Å². The molecule has 1 aromatic rings. The molecule has 1 saturated carbocycles. The summed E-state index contributed by atoms with van der Waals surface area (Å²) < 4.78 is 0.